The molecule has 1 aromatic heterocycles. The van der Waals surface area contributed by atoms with Crippen molar-refractivity contribution in [3.05, 3.63) is 53.3 Å². The minimum Gasteiger partial charge on any atom is -0.478 e. The van der Waals surface area contributed by atoms with Crippen molar-refractivity contribution >= 4 is 18.2 Å². The molecule has 2 aromatic rings. The first-order valence-corrected chi connectivity index (χ1v) is 5.27. The lowest BCUT2D eigenvalue weighted by molar-refractivity contribution is 0.0696. The summed E-state index contributed by atoms with van der Waals surface area (Å²) in [5.41, 5.74) is 0.309. The van der Waals surface area contributed by atoms with E-state index in [1.54, 1.807) is 18.3 Å². The summed E-state index contributed by atoms with van der Waals surface area (Å²) in [5, 5.41) is 17.9. The summed E-state index contributed by atoms with van der Waals surface area (Å²) in [6, 6.07) is 6.83. The lowest BCUT2D eigenvalue weighted by Gasteiger charge is -2.08. The van der Waals surface area contributed by atoms with Gasteiger partial charge in [0.1, 0.15) is 0 Å². The van der Waals surface area contributed by atoms with Gasteiger partial charge in [0, 0.05) is 11.9 Å². The molecule has 0 radical (unpaired) electrons. The first-order chi connectivity index (χ1) is 9.02. The first kappa shape index (κ1) is 12.6. The average molecular weight is 259 g/mol. The van der Waals surface area contributed by atoms with E-state index in [0.717, 1.165) is 6.07 Å². The van der Waals surface area contributed by atoms with Gasteiger partial charge in [0.25, 0.3) is 0 Å². The fourth-order valence-electron chi connectivity index (χ4n) is 1.72. The number of carboxylic acid groups (broad SMARTS) is 2. The molecule has 2 rings (SSSR count). The van der Waals surface area contributed by atoms with Crippen LogP contribution in [0.4, 0.5) is 0 Å². The minimum atomic E-state index is -1.23. The van der Waals surface area contributed by atoms with E-state index in [-0.39, 0.29) is 11.1 Å². The second kappa shape index (κ2) is 4.77. The number of aromatic nitrogens is 1. The van der Waals surface area contributed by atoms with Crippen LogP contribution in [0.1, 0.15) is 31.2 Å². The lowest BCUT2D eigenvalue weighted by Crippen LogP contribution is -2.06. The van der Waals surface area contributed by atoms with Gasteiger partial charge in [-0.15, -0.1) is 0 Å². The van der Waals surface area contributed by atoms with Crippen molar-refractivity contribution in [1.82, 2.24) is 4.57 Å². The van der Waals surface area contributed by atoms with Crippen molar-refractivity contribution in [2.45, 2.75) is 0 Å². The summed E-state index contributed by atoms with van der Waals surface area (Å²) in [5.74, 6) is -2.46. The maximum absolute atomic E-state index is 11.0. The van der Waals surface area contributed by atoms with Crippen molar-refractivity contribution in [3.63, 3.8) is 0 Å². The molecule has 0 aliphatic heterocycles. The number of aldehydes is 1. The van der Waals surface area contributed by atoms with Crippen LogP contribution in [0, 0.1) is 0 Å². The van der Waals surface area contributed by atoms with Gasteiger partial charge in [-0.25, -0.2) is 9.59 Å². The van der Waals surface area contributed by atoms with Crippen molar-refractivity contribution in [2.24, 2.45) is 0 Å². The third-order valence-electron chi connectivity index (χ3n) is 2.59. The molecule has 0 amide bonds. The minimum absolute atomic E-state index is 0.152. The zero-order valence-corrected chi connectivity index (χ0v) is 9.61. The number of hydrogen-bond donors (Lipinski definition) is 2. The van der Waals surface area contributed by atoms with Crippen LogP contribution < -0.4 is 0 Å². The van der Waals surface area contributed by atoms with Gasteiger partial charge < -0.3 is 14.8 Å². The number of rotatable bonds is 4. The second-order valence-corrected chi connectivity index (χ2v) is 3.80. The SMILES string of the molecule is O=Cc1cccn1-c1cc(C(=O)O)cc(C(=O)O)c1. The predicted octanol–water partition coefficient (Wildman–Crippen LogP) is 1.69. The second-order valence-electron chi connectivity index (χ2n) is 3.80. The summed E-state index contributed by atoms with van der Waals surface area (Å²) in [6.07, 6.45) is 2.16. The molecule has 0 unspecified atom stereocenters. The quantitative estimate of drug-likeness (QED) is 0.814. The molecule has 1 aromatic carbocycles. The van der Waals surface area contributed by atoms with Gasteiger partial charge in [-0.3, -0.25) is 4.79 Å². The zero-order valence-electron chi connectivity index (χ0n) is 9.61. The maximum Gasteiger partial charge on any atom is 0.335 e. The molecule has 0 saturated carbocycles. The monoisotopic (exact) mass is 259 g/mol. The highest BCUT2D eigenvalue weighted by atomic mass is 16.4. The Labute approximate surface area is 107 Å². The number of carbonyl (C=O) groups is 3. The average Bonchev–Trinajstić information content (AvgIpc) is 2.86. The lowest BCUT2D eigenvalue weighted by atomic mass is 10.1. The molecular weight excluding hydrogens is 250 g/mol. The maximum atomic E-state index is 11.0. The van der Waals surface area contributed by atoms with Crippen molar-refractivity contribution < 1.29 is 24.6 Å². The molecule has 0 fully saturated rings. The molecule has 6 nitrogen and oxygen atoms in total. The van der Waals surface area contributed by atoms with Crippen LogP contribution in [0.5, 0.6) is 0 Å². The van der Waals surface area contributed by atoms with Gasteiger partial charge in [-0.05, 0) is 30.3 Å². The Morgan fingerprint density at radius 1 is 1.05 bits per heavy atom. The van der Waals surface area contributed by atoms with E-state index < -0.39 is 11.9 Å². The Morgan fingerprint density at radius 2 is 1.63 bits per heavy atom. The Kier molecular flexibility index (Phi) is 3.15. The number of hydrogen-bond acceptors (Lipinski definition) is 3. The Balaban J connectivity index is 2.66. The molecule has 0 spiro atoms. The summed E-state index contributed by atoms with van der Waals surface area (Å²) in [6.45, 7) is 0. The van der Waals surface area contributed by atoms with Gasteiger partial charge in [0.2, 0.25) is 0 Å². The molecule has 0 bridgehead atoms. The van der Waals surface area contributed by atoms with Crippen LogP contribution in [0.3, 0.4) is 0 Å². The van der Waals surface area contributed by atoms with Gasteiger partial charge in [-0.2, -0.15) is 0 Å². The highest BCUT2D eigenvalue weighted by Gasteiger charge is 2.13. The number of carboxylic acids is 2. The first-order valence-electron chi connectivity index (χ1n) is 5.27. The molecule has 6 heteroatoms. The summed E-state index contributed by atoms with van der Waals surface area (Å²) in [4.78, 5) is 32.8. The highest BCUT2D eigenvalue weighted by molar-refractivity contribution is 5.95. The van der Waals surface area contributed by atoms with Crippen molar-refractivity contribution in [3.8, 4) is 5.69 Å². The van der Waals surface area contributed by atoms with Crippen LogP contribution in [0.2, 0.25) is 0 Å². The van der Waals surface area contributed by atoms with E-state index in [1.165, 1.54) is 16.7 Å². The summed E-state index contributed by atoms with van der Waals surface area (Å²) < 4.78 is 1.42. The Hall–Kier alpha value is -2.89. The fraction of sp³-hybridized carbons (Fsp3) is 0. The molecule has 2 N–H and O–H groups in total. The van der Waals surface area contributed by atoms with Gasteiger partial charge >= 0.3 is 11.9 Å². The number of carbonyl (C=O) groups excluding carboxylic acids is 1. The van der Waals surface area contributed by atoms with E-state index in [0.29, 0.717) is 17.7 Å². The Bertz CT molecular complexity index is 639. The van der Waals surface area contributed by atoms with Gasteiger partial charge in [-0.1, -0.05) is 0 Å². The standard InChI is InChI=1S/C13H9NO5/c15-7-10-2-1-3-14(10)11-5-8(12(16)17)4-9(6-11)13(18)19/h1-7H,(H,16,17)(H,18,19). The number of aromatic carboxylic acids is 2. The van der Waals surface area contributed by atoms with E-state index in [2.05, 4.69) is 0 Å². The van der Waals surface area contributed by atoms with Gasteiger partial charge in [0.15, 0.2) is 6.29 Å². The third kappa shape index (κ3) is 2.37. The zero-order chi connectivity index (χ0) is 14.0. The van der Waals surface area contributed by atoms with Crippen molar-refractivity contribution in [1.29, 1.82) is 0 Å². The molecular formula is C13H9NO5. The van der Waals surface area contributed by atoms with Crippen LogP contribution in [-0.2, 0) is 0 Å². The number of nitrogens with zero attached hydrogens (tertiary/aromatic N) is 1. The summed E-state index contributed by atoms with van der Waals surface area (Å²) in [7, 11) is 0. The molecule has 0 aliphatic carbocycles. The summed E-state index contributed by atoms with van der Waals surface area (Å²) >= 11 is 0. The van der Waals surface area contributed by atoms with Crippen LogP contribution >= 0.6 is 0 Å². The molecule has 96 valence electrons. The van der Waals surface area contributed by atoms with Gasteiger partial charge in [0.05, 0.1) is 16.8 Å². The number of benzene rings is 1. The van der Waals surface area contributed by atoms with E-state index in [9.17, 15) is 14.4 Å². The van der Waals surface area contributed by atoms with Crippen LogP contribution in [0.15, 0.2) is 36.5 Å². The predicted molar refractivity (Wildman–Crippen MR) is 65.1 cm³/mol. The molecule has 0 saturated heterocycles. The molecule has 19 heavy (non-hydrogen) atoms. The van der Waals surface area contributed by atoms with Crippen LogP contribution in [0.25, 0.3) is 5.69 Å². The van der Waals surface area contributed by atoms with Crippen LogP contribution in [-0.4, -0.2) is 33.0 Å². The van der Waals surface area contributed by atoms with E-state index in [1.807, 2.05) is 0 Å². The largest absolute Gasteiger partial charge is 0.478 e. The smallest absolute Gasteiger partial charge is 0.335 e. The molecule has 1 heterocycles. The van der Waals surface area contributed by atoms with E-state index in [4.69, 9.17) is 10.2 Å². The topological polar surface area (TPSA) is 96.6 Å². The fourth-order valence-corrected chi connectivity index (χ4v) is 1.72. The molecule has 0 atom stereocenters. The molecule has 0 aliphatic rings. The van der Waals surface area contributed by atoms with E-state index >= 15 is 0 Å². The normalized spacial score (nSPS) is 10.1. The Morgan fingerprint density at radius 3 is 2.11 bits per heavy atom. The third-order valence-corrected chi connectivity index (χ3v) is 2.59. The highest BCUT2D eigenvalue weighted by Crippen LogP contribution is 2.17. The van der Waals surface area contributed by atoms with Crippen molar-refractivity contribution in [2.75, 3.05) is 0 Å².